The van der Waals surface area contributed by atoms with Crippen LogP contribution in [0, 0.1) is 33.3 Å². The van der Waals surface area contributed by atoms with Crippen LogP contribution in [0.25, 0.3) is 16.6 Å². The van der Waals surface area contributed by atoms with E-state index in [-0.39, 0.29) is 71.9 Å². The molecule has 0 radical (unpaired) electrons. The molecule has 0 bridgehead atoms. The minimum atomic E-state index is -4.67. The van der Waals surface area contributed by atoms with Crippen LogP contribution < -0.4 is 25.0 Å². The molecule has 434 valence electrons. The molecule has 3 fully saturated rings. The maximum absolute atomic E-state index is 14.1. The van der Waals surface area contributed by atoms with Crippen molar-refractivity contribution in [2.24, 2.45) is 11.3 Å². The number of rotatable bonds is 15. The number of anilines is 2. The summed E-state index contributed by atoms with van der Waals surface area (Å²) in [5, 5.41) is 19.4. The van der Waals surface area contributed by atoms with Crippen LogP contribution in [0.4, 0.5) is 17.1 Å². The number of hydrogen-bond acceptors (Lipinski definition) is 14. The molecule has 1 aliphatic carbocycles. The van der Waals surface area contributed by atoms with Crippen LogP contribution in [-0.4, -0.2) is 126 Å². The number of imide groups is 1. The number of carbonyl (C=O) groups is 5. The minimum absolute atomic E-state index is 0.0271. The van der Waals surface area contributed by atoms with Crippen molar-refractivity contribution in [2.45, 2.75) is 82.7 Å². The lowest BCUT2D eigenvalue weighted by Crippen LogP contribution is -2.52. The van der Waals surface area contributed by atoms with Gasteiger partial charge in [0.05, 0.1) is 28.0 Å². The second kappa shape index (κ2) is 24.0. The third kappa shape index (κ3) is 12.7. The first-order valence-electron chi connectivity index (χ1n) is 28.2. The highest BCUT2D eigenvalue weighted by molar-refractivity contribution is 7.90. The zero-order valence-electron chi connectivity index (χ0n) is 46.5. The summed E-state index contributed by atoms with van der Waals surface area (Å²) < 4.78 is 36.4. The molecule has 3 saturated heterocycles. The normalized spacial score (nSPS) is 18.5. The van der Waals surface area contributed by atoms with E-state index in [1.165, 1.54) is 46.0 Å². The fourth-order valence-electron chi connectivity index (χ4n) is 11.9. The maximum Gasteiger partial charge on any atom is 0.293 e. The van der Waals surface area contributed by atoms with Crippen LogP contribution in [0.1, 0.15) is 103 Å². The number of carbonyl (C=O) groups excluding carboxylic acids is 5. The Morgan fingerprint density at radius 1 is 0.929 bits per heavy atom. The van der Waals surface area contributed by atoms with Gasteiger partial charge in [-0.2, -0.15) is 0 Å². The number of fused-ring (bicyclic) bond motifs is 2. The summed E-state index contributed by atoms with van der Waals surface area (Å²) >= 11 is 6.27. The van der Waals surface area contributed by atoms with E-state index in [1.807, 2.05) is 18.2 Å². The largest absolute Gasteiger partial charge is 0.455 e. The molecule has 6 aromatic rings. The number of sulfonamides is 1. The number of H-pyrrole nitrogens is 1. The summed E-state index contributed by atoms with van der Waals surface area (Å²) in [6, 6.07) is 24.5. The van der Waals surface area contributed by atoms with E-state index in [4.69, 9.17) is 16.3 Å². The number of nitrogens with zero attached hydrogens (tertiary/aromatic N) is 6. The Balaban J connectivity index is 0.711. The van der Waals surface area contributed by atoms with E-state index in [9.17, 15) is 42.5 Å². The van der Waals surface area contributed by atoms with Crippen molar-refractivity contribution in [3.05, 3.63) is 152 Å². The summed E-state index contributed by atoms with van der Waals surface area (Å²) in [4.78, 5) is 91.5. The number of amides is 5. The molecule has 2 aromatic heterocycles. The second-order valence-corrected chi connectivity index (χ2v) is 25.0. The van der Waals surface area contributed by atoms with Gasteiger partial charge >= 0.3 is 0 Å². The number of pyridine rings is 1. The van der Waals surface area contributed by atoms with Crippen LogP contribution in [0.2, 0.25) is 5.02 Å². The third-order valence-electron chi connectivity index (χ3n) is 16.6. The quantitative estimate of drug-likeness (QED) is 0.0325. The van der Waals surface area contributed by atoms with Gasteiger partial charge in [0.1, 0.15) is 28.9 Å². The highest BCUT2D eigenvalue weighted by atomic mass is 35.5. The Morgan fingerprint density at radius 3 is 2.48 bits per heavy atom. The van der Waals surface area contributed by atoms with Gasteiger partial charge < -0.3 is 29.7 Å². The molecule has 5 aliphatic rings. The van der Waals surface area contributed by atoms with Gasteiger partial charge in [-0.25, -0.2) is 18.1 Å². The van der Waals surface area contributed by atoms with Gasteiger partial charge in [-0.3, -0.25) is 44.3 Å². The second-order valence-electron chi connectivity index (χ2n) is 22.8. The summed E-state index contributed by atoms with van der Waals surface area (Å²) in [6.07, 6.45) is 7.88. The van der Waals surface area contributed by atoms with Crippen LogP contribution in [0.3, 0.4) is 0 Å². The Hall–Kier alpha value is -8.58. The number of aromatic amines is 1. The lowest BCUT2D eigenvalue weighted by molar-refractivity contribution is -0.384. The SMILES string of the molecule is CC1(C)CCC(CN2CCN(c3ccc(C(=O)NS(=O)(=O)c4ccc(NCC5CCN(C(=O)CC#Cc6cccc7c6CN(C6CCC(=O)NC6=O)C7=O)CC5)c([N+](=O)[O-])c4)c(Oc4cnc5[nH]ccc5c4)c3)CC2)=C(c2ccc(Cl)cc2)C1. The number of ether oxygens (including phenoxy) is 1. The van der Waals surface area contributed by atoms with E-state index in [2.05, 4.69) is 72.9 Å². The Bertz CT molecular complexity index is 3840. The van der Waals surface area contributed by atoms with Crippen molar-refractivity contribution in [1.29, 1.82) is 0 Å². The number of halogens is 1. The molecular weight excluding hydrogens is 1110 g/mol. The van der Waals surface area contributed by atoms with E-state index < -0.39 is 43.4 Å². The molecule has 20 nitrogen and oxygen atoms in total. The van der Waals surface area contributed by atoms with Crippen molar-refractivity contribution in [2.75, 3.05) is 62.6 Å². The van der Waals surface area contributed by atoms with Gasteiger partial charge in [-0.05, 0) is 127 Å². The number of aromatic nitrogens is 2. The van der Waals surface area contributed by atoms with Crippen molar-refractivity contribution in [1.82, 2.24) is 34.7 Å². The number of piperidine rings is 2. The predicted octanol–water partition coefficient (Wildman–Crippen LogP) is 8.67. The molecule has 1 atom stereocenters. The average Bonchev–Trinajstić information content (AvgIpc) is 3.47. The highest BCUT2D eigenvalue weighted by Gasteiger charge is 2.40. The fraction of sp³-hybridized carbons (Fsp3) is 0.355. The standard InChI is InChI=1S/C62H63ClN10O10S/c1-62(2)23-19-43(50(34-62)41-9-11-44(63)12-10-41)37-69-27-29-70(30-28-69)45-13-15-49(55(32-45)83-46-31-42-20-24-64-58(42)66-36-46)59(76)68-84(81,82)47-14-16-52(54(33-47)73(79)80)65-35-39-21-25-71(26-22-39)57(75)8-4-6-40-5-3-7-48-51(40)38-72(61(48)78)53-17-18-56(74)67-60(53)77/h3,5,7,9-16,20,24,31-33,36,39,53,65H,8,17-19,21-23,25-30,34-35,37-38H2,1-2H3,(H,64,66)(H,68,76)(H,67,74,77). The number of allylic oxidation sites excluding steroid dienone is 1. The molecule has 1 unspecified atom stereocenters. The predicted molar refractivity (Wildman–Crippen MR) is 317 cm³/mol. The lowest BCUT2D eigenvalue weighted by atomic mass is 9.72. The van der Waals surface area contributed by atoms with Gasteiger partial charge in [0.2, 0.25) is 17.7 Å². The molecule has 6 heterocycles. The van der Waals surface area contributed by atoms with Gasteiger partial charge in [-0.1, -0.05) is 61.1 Å². The van der Waals surface area contributed by atoms with Crippen molar-refractivity contribution in [3.63, 3.8) is 0 Å². The first-order valence-corrected chi connectivity index (χ1v) is 30.0. The smallest absolute Gasteiger partial charge is 0.293 e. The molecule has 0 spiro atoms. The number of benzene rings is 4. The molecule has 5 amide bonds. The number of nitrogens with one attached hydrogen (secondary N) is 4. The minimum Gasteiger partial charge on any atom is -0.455 e. The molecule has 84 heavy (non-hydrogen) atoms. The Kier molecular flexibility index (Phi) is 16.3. The van der Waals surface area contributed by atoms with Gasteiger partial charge in [0.15, 0.2) is 0 Å². The first kappa shape index (κ1) is 57.2. The third-order valence-corrected chi connectivity index (χ3v) is 18.2. The molecule has 0 saturated carbocycles. The molecule has 4 N–H and O–H groups in total. The lowest BCUT2D eigenvalue weighted by Gasteiger charge is -2.39. The molecule has 11 rings (SSSR count). The first-order chi connectivity index (χ1) is 40.3. The van der Waals surface area contributed by atoms with Crippen LogP contribution >= 0.6 is 11.6 Å². The van der Waals surface area contributed by atoms with Crippen molar-refractivity contribution >= 4 is 84.8 Å². The fourth-order valence-corrected chi connectivity index (χ4v) is 13.0. The average molecular weight is 1180 g/mol. The molecule has 4 aliphatic heterocycles. The summed E-state index contributed by atoms with van der Waals surface area (Å²) in [7, 11) is -4.67. The van der Waals surface area contributed by atoms with Gasteiger partial charge in [-0.15, -0.1) is 0 Å². The summed E-state index contributed by atoms with van der Waals surface area (Å²) in [6.45, 7) is 9.79. The van der Waals surface area contributed by atoms with Gasteiger partial charge in [0, 0.05) is 111 Å². The van der Waals surface area contributed by atoms with Gasteiger partial charge in [0.25, 0.3) is 27.5 Å². The Labute approximate surface area is 491 Å². The number of likely N-dealkylation sites (tertiary alicyclic amines) is 1. The topological polar surface area (TPSA) is 250 Å². The maximum atomic E-state index is 14.1. The zero-order valence-corrected chi connectivity index (χ0v) is 48.1. The van der Waals surface area contributed by atoms with Crippen molar-refractivity contribution < 1.29 is 42.1 Å². The van der Waals surface area contributed by atoms with E-state index >= 15 is 0 Å². The van der Waals surface area contributed by atoms with E-state index in [0.29, 0.717) is 78.7 Å². The van der Waals surface area contributed by atoms with Crippen LogP contribution in [-0.2, 0) is 31.0 Å². The summed E-state index contributed by atoms with van der Waals surface area (Å²) in [5.74, 6) is 4.08. The van der Waals surface area contributed by atoms with Crippen LogP contribution in [0.5, 0.6) is 11.5 Å². The van der Waals surface area contributed by atoms with E-state index in [0.717, 1.165) is 56.0 Å². The molecule has 22 heteroatoms. The highest BCUT2D eigenvalue weighted by Crippen LogP contribution is 2.44. The molecule has 4 aromatic carbocycles. The number of nitro groups is 1. The monoisotopic (exact) mass is 1170 g/mol. The number of piperazine rings is 1. The number of hydrogen-bond donors (Lipinski definition) is 4. The van der Waals surface area contributed by atoms with Crippen LogP contribution in [0.15, 0.2) is 114 Å². The zero-order chi connectivity index (χ0) is 58.9. The Morgan fingerprint density at radius 2 is 1.71 bits per heavy atom. The van der Waals surface area contributed by atoms with E-state index in [1.54, 1.807) is 47.5 Å². The summed E-state index contributed by atoms with van der Waals surface area (Å²) in [5.41, 5.74) is 6.83. The number of nitro benzene ring substituents is 1. The van der Waals surface area contributed by atoms with Crippen molar-refractivity contribution in [3.8, 4) is 23.3 Å². The molecular formula is C62H63ClN10O10S.